The van der Waals surface area contributed by atoms with Crippen LogP contribution in [0.5, 0.6) is 0 Å². The van der Waals surface area contributed by atoms with Crippen LogP contribution >= 0.6 is 0 Å². The van der Waals surface area contributed by atoms with Crippen molar-refractivity contribution in [3.63, 3.8) is 0 Å². The first-order valence-corrected chi connectivity index (χ1v) is 9.32. The summed E-state index contributed by atoms with van der Waals surface area (Å²) in [6, 6.07) is 6.87. The average Bonchev–Trinajstić information content (AvgIpc) is 3.25. The standard InChI is InChI=1S/C20H21N3O5/c24-16(23-10-12-4-3-7-20(12,11-23)19(27)28)9-22-18(26)14-8-21-15-6-2-1-5-13(15)17(14)25/h1-2,5-6,8,12H,3-4,7,9-11H2,(H,21,25)(H,22,26)(H,27,28)/t12-,20+/m0/s1. The molecule has 0 unspecified atom stereocenters. The molecule has 1 aromatic carbocycles. The highest BCUT2D eigenvalue weighted by Crippen LogP contribution is 2.48. The Morgan fingerprint density at radius 2 is 2.07 bits per heavy atom. The maximum absolute atomic E-state index is 12.5. The number of H-pyrrole nitrogens is 1. The summed E-state index contributed by atoms with van der Waals surface area (Å²) in [5, 5.41) is 12.5. The van der Waals surface area contributed by atoms with E-state index in [0.29, 0.717) is 23.9 Å². The van der Waals surface area contributed by atoms with Crippen molar-refractivity contribution < 1.29 is 19.5 Å². The summed E-state index contributed by atoms with van der Waals surface area (Å²) >= 11 is 0. The van der Waals surface area contributed by atoms with Crippen molar-refractivity contribution in [2.45, 2.75) is 19.3 Å². The van der Waals surface area contributed by atoms with Crippen molar-refractivity contribution >= 4 is 28.7 Å². The number of aliphatic carboxylic acids is 1. The Morgan fingerprint density at radius 3 is 2.82 bits per heavy atom. The largest absolute Gasteiger partial charge is 0.481 e. The molecule has 0 spiro atoms. The van der Waals surface area contributed by atoms with Gasteiger partial charge in [-0.25, -0.2) is 0 Å². The van der Waals surface area contributed by atoms with Crippen LogP contribution in [0.25, 0.3) is 10.9 Å². The molecule has 0 bridgehead atoms. The summed E-state index contributed by atoms with van der Waals surface area (Å²) in [5.41, 5.74) is -0.691. The van der Waals surface area contributed by atoms with E-state index in [4.69, 9.17) is 0 Å². The first kappa shape index (κ1) is 18.2. The Labute approximate surface area is 160 Å². The number of rotatable bonds is 4. The van der Waals surface area contributed by atoms with Crippen molar-refractivity contribution in [3.05, 3.63) is 46.2 Å². The summed E-state index contributed by atoms with van der Waals surface area (Å²) in [7, 11) is 0. The number of hydrogen-bond donors (Lipinski definition) is 3. The smallest absolute Gasteiger partial charge is 0.311 e. The van der Waals surface area contributed by atoms with E-state index in [9.17, 15) is 24.3 Å². The average molecular weight is 383 g/mol. The number of aromatic nitrogens is 1. The number of carbonyl (C=O) groups excluding carboxylic acids is 2. The molecule has 8 heteroatoms. The molecule has 2 aromatic rings. The van der Waals surface area contributed by atoms with Gasteiger partial charge >= 0.3 is 5.97 Å². The number of nitrogens with one attached hydrogen (secondary N) is 2. The van der Waals surface area contributed by atoms with E-state index in [2.05, 4.69) is 10.3 Å². The number of aromatic amines is 1. The lowest BCUT2D eigenvalue weighted by atomic mass is 9.81. The topological polar surface area (TPSA) is 120 Å². The fraction of sp³-hybridized carbons (Fsp3) is 0.400. The van der Waals surface area contributed by atoms with Gasteiger partial charge in [0.25, 0.3) is 5.91 Å². The van der Waals surface area contributed by atoms with Crippen LogP contribution in [0.4, 0.5) is 0 Å². The second-order valence-corrected chi connectivity index (χ2v) is 7.58. The van der Waals surface area contributed by atoms with Crippen LogP contribution in [0.3, 0.4) is 0 Å². The van der Waals surface area contributed by atoms with Crippen molar-refractivity contribution in [3.8, 4) is 0 Å². The SMILES string of the molecule is O=C(NCC(=O)N1C[C@@H]2CCC[C@@]2(C(=O)O)C1)c1c[nH]c2ccccc2c1=O. The summed E-state index contributed by atoms with van der Waals surface area (Å²) in [6.07, 6.45) is 3.58. The molecule has 0 radical (unpaired) electrons. The van der Waals surface area contributed by atoms with Gasteiger partial charge in [-0.2, -0.15) is 0 Å². The number of likely N-dealkylation sites (tertiary alicyclic amines) is 1. The molecule has 8 nitrogen and oxygen atoms in total. The van der Waals surface area contributed by atoms with E-state index < -0.39 is 22.7 Å². The molecule has 2 aliphatic rings. The van der Waals surface area contributed by atoms with Gasteiger partial charge in [-0.15, -0.1) is 0 Å². The molecular weight excluding hydrogens is 362 g/mol. The molecule has 1 aliphatic heterocycles. The highest BCUT2D eigenvalue weighted by molar-refractivity contribution is 5.98. The quantitative estimate of drug-likeness (QED) is 0.727. The summed E-state index contributed by atoms with van der Waals surface area (Å²) in [5.74, 6) is -1.85. The van der Waals surface area contributed by atoms with Crippen molar-refractivity contribution in [1.82, 2.24) is 15.2 Å². The fourth-order valence-corrected chi connectivity index (χ4v) is 4.53. The van der Waals surface area contributed by atoms with Gasteiger partial charge in [0, 0.05) is 30.2 Å². The van der Waals surface area contributed by atoms with E-state index >= 15 is 0 Å². The molecule has 2 fully saturated rings. The van der Waals surface area contributed by atoms with E-state index in [1.54, 1.807) is 24.3 Å². The summed E-state index contributed by atoms with van der Waals surface area (Å²) < 4.78 is 0. The minimum absolute atomic E-state index is 0.0343. The zero-order valence-electron chi connectivity index (χ0n) is 15.2. The minimum atomic E-state index is -0.852. The van der Waals surface area contributed by atoms with Crippen molar-refractivity contribution in [1.29, 1.82) is 0 Å². The molecule has 2 heterocycles. The Kier molecular flexibility index (Phi) is 4.41. The van der Waals surface area contributed by atoms with Gasteiger partial charge in [0.05, 0.1) is 12.0 Å². The Bertz CT molecular complexity index is 1030. The first-order chi connectivity index (χ1) is 13.4. The number of carbonyl (C=O) groups is 3. The van der Waals surface area contributed by atoms with Crippen LogP contribution in [0.15, 0.2) is 35.3 Å². The lowest BCUT2D eigenvalue weighted by Crippen LogP contribution is -2.42. The minimum Gasteiger partial charge on any atom is -0.481 e. The van der Waals surface area contributed by atoms with E-state index in [1.165, 1.54) is 11.1 Å². The third-order valence-electron chi connectivity index (χ3n) is 6.08. The van der Waals surface area contributed by atoms with Crippen LogP contribution < -0.4 is 10.7 Å². The Hall–Kier alpha value is -3.16. The molecule has 2 amide bonds. The van der Waals surface area contributed by atoms with Crippen molar-refractivity contribution in [2.75, 3.05) is 19.6 Å². The molecule has 1 aliphatic carbocycles. The molecule has 1 saturated heterocycles. The van der Waals surface area contributed by atoms with Crippen LogP contribution in [-0.4, -0.2) is 52.4 Å². The first-order valence-electron chi connectivity index (χ1n) is 9.32. The summed E-state index contributed by atoms with van der Waals surface area (Å²) in [6.45, 7) is 0.309. The van der Waals surface area contributed by atoms with Gasteiger partial charge < -0.3 is 20.3 Å². The van der Waals surface area contributed by atoms with Gasteiger partial charge in [-0.05, 0) is 30.9 Å². The number of fused-ring (bicyclic) bond motifs is 2. The highest BCUT2D eigenvalue weighted by atomic mass is 16.4. The predicted octanol–water partition coefficient (Wildman–Crippen LogP) is 0.971. The number of nitrogens with zero attached hydrogens (tertiary/aromatic N) is 1. The molecule has 1 aromatic heterocycles. The van der Waals surface area contributed by atoms with Gasteiger partial charge in [0.2, 0.25) is 11.3 Å². The maximum Gasteiger partial charge on any atom is 0.311 e. The maximum atomic E-state index is 12.5. The van der Waals surface area contributed by atoms with Gasteiger partial charge in [0.15, 0.2) is 0 Å². The highest BCUT2D eigenvalue weighted by Gasteiger charge is 2.55. The lowest BCUT2D eigenvalue weighted by molar-refractivity contribution is -0.149. The van der Waals surface area contributed by atoms with Gasteiger partial charge in [-0.1, -0.05) is 18.6 Å². The summed E-state index contributed by atoms with van der Waals surface area (Å²) in [4.78, 5) is 53.5. The molecule has 3 N–H and O–H groups in total. The van der Waals surface area contributed by atoms with Crippen LogP contribution in [0, 0.1) is 11.3 Å². The van der Waals surface area contributed by atoms with E-state index in [-0.39, 0.29) is 30.5 Å². The number of hydrogen-bond acceptors (Lipinski definition) is 4. The normalized spacial score (nSPS) is 23.6. The second-order valence-electron chi connectivity index (χ2n) is 7.58. The van der Waals surface area contributed by atoms with E-state index in [0.717, 1.165) is 12.8 Å². The number of pyridine rings is 1. The van der Waals surface area contributed by atoms with Gasteiger partial charge in [0.1, 0.15) is 5.56 Å². The molecule has 1 saturated carbocycles. The number of carboxylic acids is 1. The second kappa shape index (κ2) is 6.78. The van der Waals surface area contributed by atoms with Gasteiger partial charge in [-0.3, -0.25) is 19.2 Å². The lowest BCUT2D eigenvalue weighted by Gasteiger charge is -2.23. The monoisotopic (exact) mass is 383 g/mol. The predicted molar refractivity (Wildman–Crippen MR) is 101 cm³/mol. The van der Waals surface area contributed by atoms with Crippen LogP contribution in [0.2, 0.25) is 0 Å². The van der Waals surface area contributed by atoms with Crippen molar-refractivity contribution in [2.24, 2.45) is 11.3 Å². The third-order valence-corrected chi connectivity index (χ3v) is 6.08. The zero-order valence-corrected chi connectivity index (χ0v) is 15.2. The van der Waals surface area contributed by atoms with Crippen LogP contribution in [0.1, 0.15) is 29.6 Å². The zero-order chi connectivity index (χ0) is 19.9. The molecular formula is C20H21N3O5. The number of para-hydroxylation sites is 1. The molecule has 2 atom stereocenters. The molecule has 146 valence electrons. The van der Waals surface area contributed by atoms with Crippen LogP contribution in [-0.2, 0) is 9.59 Å². The molecule has 28 heavy (non-hydrogen) atoms. The fourth-order valence-electron chi connectivity index (χ4n) is 4.53. The Morgan fingerprint density at radius 1 is 1.29 bits per heavy atom. The third kappa shape index (κ3) is 2.85. The Balaban J connectivity index is 1.43. The molecule has 4 rings (SSSR count). The van der Waals surface area contributed by atoms with E-state index in [1.807, 2.05) is 0 Å². The number of amides is 2. The number of carboxylic acid groups (broad SMARTS) is 1. The number of benzene rings is 1.